The number of benzene rings is 2. The molecular formula is C24H34O. The molecule has 0 aliphatic rings. The van der Waals surface area contributed by atoms with Gasteiger partial charge >= 0.3 is 0 Å². The summed E-state index contributed by atoms with van der Waals surface area (Å²) in [6, 6.07) is 17.2. The minimum atomic E-state index is 0.828. The third-order valence-electron chi connectivity index (χ3n) is 4.69. The van der Waals surface area contributed by atoms with E-state index in [4.69, 9.17) is 4.74 Å². The Morgan fingerprint density at radius 3 is 2.12 bits per heavy atom. The van der Waals surface area contributed by atoms with Crippen LogP contribution in [-0.2, 0) is 6.42 Å². The number of rotatable bonds is 12. The van der Waals surface area contributed by atoms with E-state index < -0.39 is 0 Å². The molecule has 2 rings (SSSR count). The van der Waals surface area contributed by atoms with Gasteiger partial charge in [-0.2, -0.15) is 0 Å². The highest BCUT2D eigenvalue weighted by Crippen LogP contribution is 2.34. The molecule has 1 nitrogen and oxygen atoms in total. The molecule has 2 aromatic rings. The molecule has 1 heteroatoms. The fourth-order valence-electron chi connectivity index (χ4n) is 3.30. The van der Waals surface area contributed by atoms with Crippen molar-refractivity contribution >= 4 is 0 Å². The van der Waals surface area contributed by atoms with Crippen LogP contribution in [-0.4, -0.2) is 6.61 Å². The molecule has 0 spiro atoms. The molecule has 0 heterocycles. The SMILES string of the molecule is CCCCCCCCCOc1c(CCC)cccc1-c1ccccc1. The van der Waals surface area contributed by atoms with Gasteiger partial charge in [0.2, 0.25) is 0 Å². The number of hydrogen-bond donors (Lipinski definition) is 0. The third-order valence-corrected chi connectivity index (χ3v) is 4.69. The summed E-state index contributed by atoms with van der Waals surface area (Å²) in [6.07, 6.45) is 11.4. The smallest absolute Gasteiger partial charge is 0.130 e. The van der Waals surface area contributed by atoms with Crippen LogP contribution in [0, 0.1) is 0 Å². The van der Waals surface area contributed by atoms with Crippen molar-refractivity contribution in [2.24, 2.45) is 0 Å². The van der Waals surface area contributed by atoms with Crippen LogP contribution in [0.3, 0.4) is 0 Å². The first-order valence-corrected chi connectivity index (χ1v) is 10.2. The Balaban J connectivity index is 1.95. The second kappa shape index (κ2) is 11.7. The average molecular weight is 339 g/mol. The van der Waals surface area contributed by atoms with E-state index >= 15 is 0 Å². The molecule has 0 saturated heterocycles. The highest BCUT2D eigenvalue weighted by molar-refractivity contribution is 5.72. The minimum absolute atomic E-state index is 0.828. The van der Waals surface area contributed by atoms with Crippen LogP contribution in [0.5, 0.6) is 5.75 Å². The highest BCUT2D eigenvalue weighted by Gasteiger charge is 2.11. The zero-order valence-electron chi connectivity index (χ0n) is 16.1. The van der Waals surface area contributed by atoms with Crippen molar-refractivity contribution in [3.63, 3.8) is 0 Å². The molecule has 0 aliphatic heterocycles. The Morgan fingerprint density at radius 1 is 0.680 bits per heavy atom. The van der Waals surface area contributed by atoms with E-state index in [0.717, 1.165) is 31.6 Å². The van der Waals surface area contributed by atoms with Crippen LogP contribution in [0.1, 0.15) is 70.8 Å². The largest absolute Gasteiger partial charge is 0.493 e. The maximum Gasteiger partial charge on any atom is 0.130 e. The Kier molecular flexibility index (Phi) is 9.18. The molecule has 0 aliphatic carbocycles. The van der Waals surface area contributed by atoms with Crippen molar-refractivity contribution in [3.8, 4) is 16.9 Å². The van der Waals surface area contributed by atoms with Gasteiger partial charge in [-0.05, 0) is 24.0 Å². The van der Waals surface area contributed by atoms with E-state index in [1.54, 1.807) is 0 Å². The molecule has 0 unspecified atom stereocenters. The Hall–Kier alpha value is -1.76. The van der Waals surface area contributed by atoms with Gasteiger partial charge in [0.05, 0.1) is 6.61 Å². The Bertz CT molecular complexity index is 588. The number of aryl methyl sites for hydroxylation is 1. The summed E-state index contributed by atoms with van der Waals surface area (Å²) in [6.45, 7) is 5.33. The van der Waals surface area contributed by atoms with Gasteiger partial charge in [-0.25, -0.2) is 0 Å². The summed E-state index contributed by atoms with van der Waals surface area (Å²) in [5.74, 6) is 1.10. The Labute approximate surface area is 154 Å². The summed E-state index contributed by atoms with van der Waals surface area (Å²) < 4.78 is 6.30. The normalized spacial score (nSPS) is 10.8. The zero-order valence-corrected chi connectivity index (χ0v) is 16.1. The maximum absolute atomic E-state index is 6.30. The lowest BCUT2D eigenvalue weighted by molar-refractivity contribution is 0.302. The number of unbranched alkanes of at least 4 members (excludes halogenated alkanes) is 6. The van der Waals surface area contributed by atoms with Crippen molar-refractivity contribution in [3.05, 3.63) is 54.1 Å². The molecule has 0 atom stereocenters. The zero-order chi connectivity index (χ0) is 17.7. The van der Waals surface area contributed by atoms with Crippen molar-refractivity contribution in [2.45, 2.75) is 71.6 Å². The standard InChI is InChI=1S/C24H34O/c1-3-5-6-7-8-9-13-20-25-24-22(15-4-2)18-14-19-23(24)21-16-11-10-12-17-21/h10-12,14,16-19H,3-9,13,15,20H2,1-2H3. The maximum atomic E-state index is 6.30. The molecule has 2 aromatic carbocycles. The average Bonchev–Trinajstić information content (AvgIpc) is 2.65. The van der Waals surface area contributed by atoms with Gasteiger partial charge < -0.3 is 4.74 Å². The van der Waals surface area contributed by atoms with Crippen molar-refractivity contribution < 1.29 is 4.74 Å². The monoisotopic (exact) mass is 338 g/mol. The second-order valence-electron chi connectivity index (χ2n) is 6.88. The number of hydrogen-bond acceptors (Lipinski definition) is 1. The first-order valence-electron chi connectivity index (χ1n) is 10.2. The summed E-state index contributed by atoms with van der Waals surface area (Å²) in [4.78, 5) is 0. The van der Waals surface area contributed by atoms with Gasteiger partial charge in [-0.15, -0.1) is 0 Å². The van der Waals surface area contributed by atoms with Crippen molar-refractivity contribution in [1.29, 1.82) is 0 Å². The quantitative estimate of drug-likeness (QED) is 0.365. The molecule has 0 N–H and O–H groups in total. The molecule has 0 bridgehead atoms. The molecule has 0 fully saturated rings. The second-order valence-corrected chi connectivity index (χ2v) is 6.88. The van der Waals surface area contributed by atoms with Crippen LogP contribution in [0.15, 0.2) is 48.5 Å². The van der Waals surface area contributed by atoms with Gasteiger partial charge in [0.15, 0.2) is 0 Å². The summed E-state index contributed by atoms with van der Waals surface area (Å²) in [5, 5.41) is 0. The lowest BCUT2D eigenvalue weighted by atomic mass is 9.99. The van der Waals surface area contributed by atoms with Crippen LogP contribution >= 0.6 is 0 Å². The van der Waals surface area contributed by atoms with E-state index in [1.807, 2.05) is 0 Å². The van der Waals surface area contributed by atoms with E-state index in [-0.39, 0.29) is 0 Å². The predicted octanol–water partition coefficient (Wildman–Crippen LogP) is 7.44. The third kappa shape index (κ3) is 6.57. The van der Waals surface area contributed by atoms with Gasteiger partial charge in [0.1, 0.15) is 5.75 Å². The highest BCUT2D eigenvalue weighted by atomic mass is 16.5. The number of para-hydroxylation sites is 1. The van der Waals surface area contributed by atoms with Crippen LogP contribution < -0.4 is 4.74 Å². The lowest BCUT2D eigenvalue weighted by Gasteiger charge is -2.16. The summed E-state index contributed by atoms with van der Waals surface area (Å²) >= 11 is 0. The molecule has 0 saturated carbocycles. The first-order chi connectivity index (χ1) is 12.4. The first kappa shape index (κ1) is 19.6. The van der Waals surface area contributed by atoms with Crippen molar-refractivity contribution in [1.82, 2.24) is 0 Å². The topological polar surface area (TPSA) is 9.23 Å². The van der Waals surface area contributed by atoms with Crippen LogP contribution in [0.4, 0.5) is 0 Å². The van der Waals surface area contributed by atoms with E-state index in [0.29, 0.717) is 0 Å². The molecule has 0 amide bonds. The minimum Gasteiger partial charge on any atom is -0.493 e. The summed E-state index contributed by atoms with van der Waals surface area (Å²) in [5.41, 5.74) is 3.82. The summed E-state index contributed by atoms with van der Waals surface area (Å²) in [7, 11) is 0. The van der Waals surface area contributed by atoms with Crippen LogP contribution in [0.2, 0.25) is 0 Å². The molecule has 0 radical (unpaired) electrons. The van der Waals surface area contributed by atoms with Gasteiger partial charge in [0.25, 0.3) is 0 Å². The Morgan fingerprint density at radius 2 is 1.40 bits per heavy atom. The van der Waals surface area contributed by atoms with Crippen LogP contribution in [0.25, 0.3) is 11.1 Å². The van der Waals surface area contributed by atoms with E-state index in [2.05, 4.69) is 62.4 Å². The van der Waals surface area contributed by atoms with Gasteiger partial charge in [-0.3, -0.25) is 0 Å². The molecular weight excluding hydrogens is 304 g/mol. The van der Waals surface area contributed by atoms with Gasteiger partial charge in [-0.1, -0.05) is 107 Å². The van der Waals surface area contributed by atoms with Gasteiger partial charge in [0, 0.05) is 5.56 Å². The fourth-order valence-corrected chi connectivity index (χ4v) is 3.30. The lowest BCUT2D eigenvalue weighted by Crippen LogP contribution is -2.02. The number of ether oxygens (including phenoxy) is 1. The molecule has 0 aromatic heterocycles. The molecule has 25 heavy (non-hydrogen) atoms. The van der Waals surface area contributed by atoms with Crippen molar-refractivity contribution in [2.75, 3.05) is 6.61 Å². The van der Waals surface area contributed by atoms with E-state index in [1.165, 1.54) is 55.2 Å². The fraction of sp³-hybridized carbons (Fsp3) is 0.500. The predicted molar refractivity (Wildman–Crippen MR) is 109 cm³/mol. The van der Waals surface area contributed by atoms with E-state index in [9.17, 15) is 0 Å². The molecule has 136 valence electrons.